The maximum absolute atomic E-state index is 4.63. The molecule has 0 fully saturated rings. The Hall–Kier alpha value is -1.31. The fourth-order valence-corrected chi connectivity index (χ4v) is 1.12. The van der Waals surface area contributed by atoms with E-state index in [2.05, 4.69) is 44.6 Å². The SMILES string of the molecule is C=C1C=CC(N=C(C)C(C)(C)C)=C(C)N1. The zero-order valence-corrected chi connectivity index (χ0v) is 10.3. The second-order valence-electron chi connectivity index (χ2n) is 4.94. The number of allylic oxidation sites excluding steroid dienone is 3. The molecule has 1 aliphatic heterocycles. The minimum absolute atomic E-state index is 0.121. The zero-order valence-electron chi connectivity index (χ0n) is 10.3. The molecule has 0 unspecified atom stereocenters. The number of nitrogens with zero attached hydrogens (tertiary/aromatic N) is 1. The second-order valence-corrected chi connectivity index (χ2v) is 4.94. The van der Waals surface area contributed by atoms with E-state index in [1.807, 2.05) is 19.1 Å². The van der Waals surface area contributed by atoms with Crippen molar-refractivity contribution in [3.05, 3.63) is 35.8 Å². The Bertz CT molecular complexity index is 362. The molecule has 1 N–H and O–H groups in total. The molecule has 0 saturated heterocycles. The summed E-state index contributed by atoms with van der Waals surface area (Å²) in [5.41, 5.74) is 4.23. The fourth-order valence-electron chi connectivity index (χ4n) is 1.12. The molecule has 0 aromatic heterocycles. The van der Waals surface area contributed by atoms with Crippen LogP contribution in [0.1, 0.15) is 34.6 Å². The lowest BCUT2D eigenvalue weighted by Gasteiger charge is -2.20. The first-order valence-electron chi connectivity index (χ1n) is 5.21. The van der Waals surface area contributed by atoms with Gasteiger partial charge in [-0.05, 0) is 31.4 Å². The van der Waals surface area contributed by atoms with Crippen LogP contribution >= 0.6 is 0 Å². The van der Waals surface area contributed by atoms with E-state index >= 15 is 0 Å². The normalized spacial score (nSPS) is 18.2. The highest BCUT2D eigenvalue weighted by Gasteiger charge is 2.15. The predicted octanol–water partition coefficient (Wildman–Crippen LogP) is 3.40. The minimum atomic E-state index is 0.121. The van der Waals surface area contributed by atoms with Crippen LogP contribution < -0.4 is 5.32 Å². The van der Waals surface area contributed by atoms with Gasteiger partial charge in [0.25, 0.3) is 0 Å². The average Bonchev–Trinajstić information content (AvgIpc) is 2.08. The minimum Gasteiger partial charge on any atom is -0.358 e. The molecule has 2 heteroatoms. The molecule has 15 heavy (non-hydrogen) atoms. The molecular formula is C13H20N2. The van der Waals surface area contributed by atoms with Crippen molar-refractivity contribution in [3.8, 4) is 0 Å². The molecule has 0 radical (unpaired) electrons. The number of dihydropyridines is 1. The highest BCUT2D eigenvalue weighted by atomic mass is 14.9. The zero-order chi connectivity index (χ0) is 11.6. The first-order chi connectivity index (χ1) is 6.80. The second kappa shape index (κ2) is 4.05. The third kappa shape index (κ3) is 3.08. The van der Waals surface area contributed by atoms with Gasteiger partial charge < -0.3 is 5.32 Å². The van der Waals surface area contributed by atoms with Gasteiger partial charge in [0.2, 0.25) is 0 Å². The van der Waals surface area contributed by atoms with E-state index in [4.69, 9.17) is 0 Å². The van der Waals surface area contributed by atoms with Crippen LogP contribution in [-0.4, -0.2) is 5.71 Å². The molecule has 0 aromatic carbocycles. The smallest absolute Gasteiger partial charge is 0.0819 e. The summed E-state index contributed by atoms with van der Waals surface area (Å²) in [6, 6.07) is 0. The Morgan fingerprint density at radius 3 is 2.40 bits per heavy atom. The van der Waals surface area contributed by atoms with Crippen LogP contribution in [0.4, 0.5) is 0 Å². The van der Waals surface area contributed by atoms with Gasteiger partial charge in [-0.25, -0.2) is 0 Å². The number of aliphatic imine (C=N–C) groups is 1. The van der Waals surface area contributed by atoms with Gasteiger partial charge in [-0.2, -0.15) is 0 Å². The number of hydrogen-bond acceptors (Lipinski definition) is 2. The summed E-state index contributed by atoms with van der Waals surface area (Å²) in [6.45, 7) is 14.4. The van der Waals surface area contributed by atoms with E-state index in [0.29, 0.717) is 0 Å². The molecule has 0 amide bonds. The van der Waals surface area contributed by atoms with Crippen molar-refractivity contribution in [1.29, 1.82) is 0 Å². The summed E-state index contributed by atoms with van der Waals surface area (Å²) in [6.07, 6.45) is 3.95. The van der Waals surface area contributed by atoms with Crippen molar-refractivity contribution in [2.75, 3.05) is 0 Å². The molecule has 1 rings (SSSR count). The lowest BCUT2D eigenvalue weighted by molar-refractivity contribution is 0.587. The van der Waals surface area contributed by atoms with Gasteiger partial charge in [0.1, 0.15) is 0 Å². The third-order valence-electron chi connectivity index (χ3n) is 2.55. The number of hydrogen-bond donors (Lipinski definition) is 1. The number of rotatable bonds is 1. The Kier molecular flexibility index (Phi) is 3.18. The Labute approximate surface area is 92.5 Å². The molecule has 82 valence electrons. The summed E-state index contributed by atoms with van der Waals surface area (Å²) in [5.74, 6) is 0. The predicted molar refractivity (Wildman–Crippen MR) is 66.7 cm³/mol. The molecule has 0 saturated carbocycles. The molecule has 0 aliphatic carbocycles. The van der Waals surface area contributed by atoms with Crippen LogP contribution in [0.2, 0.25) is 0 Å². The summed E-state index contributed by atoms with van der Waals surface area (Å²) in [7, 11) is 0. The summed E-state index contributed by atoms with van der Waals surface area (Å²) < 4.78 is 0. The van der Waals surface area contributed by atoms with Crippen molar-refractivity contribution >= 4 is 5.71 Å². The van der Waals surface area contributed by atoms with Crippen LogP contribution in [0.15, 0.2) is 40.8 Å². The van der Waals surface area contributed by atoms with E-state index in [-0.39, 0.29) is 5.41 Å². The lowest BCUT2D eigenvalue weighted by atomic mass is 9.91. The van der Waals surface area contributed by atoms with Gasteiger partial charge in [0.15, 0.2) is 0 Å². The highest BCUT2D eigenvalue weighted by molar-refractivity contribution is 5.88. The van der Waals surface area contributed by atoms with Crippen molar-refractivity contribution < 1.29 is 0 Å². The topological polar surface area (TPSA) is 24.4 Å². The highest BCUT2D eigenvalue weighted by Crippen LogP contribution is 2.20. The molecule has 0 spiro atoms. The van der Waals surface area contributed by atoms with Crippen molar-refractivity contribution in [2.24, 2.45) is 10.4 Å². The van der Waals surface area contributed by atoms with Gasteiger partial charge in [0, 0.05) is 17.1 Å². The van der Waals surface area contributed by atoms with E-state index in [1.54, 1.807) is 0 Å². The molecule has 0 aromatic rings. The molecule has 0 atom stereocenters. The first-order valence-corrected chi connectivity index (χ1v) is 5.21. The van der Waals surface area contributed by atoms with Crippen LogP contribution in [0.3, 0.4) is 0 Å². The van der Waals surface area contributed by atoms with Gasteiger partial charge in [0.05, 0.1) is 5.70 Å². The van der Waals surface area contributed by atoms with Crippen LogP contribution in [-0.2, 0) is 0 Å². The summed E-state index contributed by atoms with van der Waals surface area (Å²) in [5, 5.41) is 3.18. The van der Waals surface area contributed by atoms with Gasteiger partial charge in [-0.3, -0.25) is 4.99 Å². The van der Waals surface area contributed by atoms with Crippen LogP contribution in [0.5, 0.6) is 0 Å². The van der Waals surface area contributed by atoms with Gasteiger partial charge in [-0.15, -0.1) is 0 Å². The standard InChI is InChI=1S/C13H20N2/c1-9-7-8-12(10(2)14-9)15-11(3)13(4,5)6/h7-8,14H,1H2,2-6H3. The van der Waals surface area contributed by atoms with Crippen LogP contribution in [0, 0.1) is 5.41 Å². The molecule has 1 aliphatic rings. The molecule has 0 bridgehead atoms. The Morgan fingerprint density at radius 2 is 1.93 bits per heavy atom. The monoisotopic (exact) mass is 204 g/mol. The quantitative estimate of drug-likeness (QED) is 0.650. The summed E-state index contributed by atoms with van der Waals surface area (Å²) >= 11 is 0. The van der Waals surface area contributed by atoms with Gasteiger partial charge in [-0.1, -0.05) is 27.4 Å². The van der Waals surface area contributed by atoms with Crippen molar-refractivity contribution in [3.63, 3.8) is 0 Å². The van der Waals surface area contributed by atoms with Gasteiger partial charge >= 0.3 is 0 Å². The lowest BCUT2D eigenvalue weighted by Crippen LogP contribution is -2.18. The molecular weight excluding hydrogens is 184 g/mol. The maximum atomic E-state index is 4.63. The molecule has 1 heterocycles. The van der Waals surface area contributed by atoms with Crippen LogP contribution in [0.25, 0.3) is 0 Å². The Morgan fingerprint density at radius 1 is 1.33 bits per heavy atom. The van der Waals surface area contributed by atoms with Crippen molar-refractivity contribution in [1.82, 2.24) is 5.32 Å². The van der Waals surface area contributed by atoms with Crippen molar-refractivity contribution in [2.45, 2.75) is 34.6 Å². The summed E-state index contributed by atoms with van der Waals surface area (Å²) in [4.78, 5) is 4.63. The third-order valence-corrected chi connectivity index (χ3v) is 2.55. The number of nitrogens with one attached hydrogen (secondary N) is 1. The largest absolute Gasteiger partial charge is 0.358 e. The fraction of sp³-hybridized carbons (Fsp3) is 0.462. The average molecular weight is 204 g/mol. The van der Waals surface area contributed by atoms with E-state index in [9.17, 15) is 0 Å². The van der Waals surface area contributed by atoms with E-state index in [0.717, 1.165) is 22.8 Å². The Balaban J connectivity index is 2.97. The molecule has 2 nitrogen and oxygen atoms in total. The van der Waals surface area contributed by atoms with E-state index < -0.39 is 0 Å². The first kappa shape index (κ1) is 11.8. The maximum Gasteiger partial charge on any atom is 0.0819 e. The van der Waals surface area contributed by atoms with E-state index in [1.165, 1.54) is 0 Å².